The van der Waals surface area contributed by atoms with Crippen LogP contribution in [0.1, 0.15) is 29.6 Å². The Labute approximate surface area is 168 Å². The van der Waals surface area contributed by atoms with Gasteiger partial charge in [0.1, 0.15) is 6.04 Å². The number of piperazine rings is 1. The van der Waals surface area contributed by atoms with Gasteiger partial charge in [0.2, 0.25) is 11.8 Å². The number of carbonyl (C=O) groups excluding carboxylic acids is 3. The number of carbonyl (C=O) groups is 3. The summed E-state index contributed by atoms with van der Waals surface area (Å²) in [5, 5.41) is 9.19. The highest BCUT2D eigenvalue weighted by Gasteiger charge is 2.51. The van der Waals surface area contributed by atoms with Gasteiger partial charge in [-0.25, -0.2) is 0 Å². The van der Waals surface area contributed by atoms with Crippen LogP contribution in [0.25, 0.3) is 0 Å². The normalized spacial score (nSPS) is 27.3. The van der Waals surface area contributed by atoms with E-state index in [4.69, 9.17) is 11.5 Å². The highest BCUT2D eigenvalue weighted by Crippen LogP contribution is 2.37. The smallest absolute Gasteiger partial charge is 0.250 e. The topological polar surface area (TPSA) is 137 Å². The fourth-order valence-corrected chi connectivity index (χ4v) is 4.78. The minimum Gasteiger partial charge on any atom is -0.366 e. The number of hydrogen-bond donors (Lipinski definition) is 2. The number of rotatable bonds is 5. The Bertz CT molecular complexity index is 896. The Hall–Kier alpha value is -2.96. The SMILES string of the molecule is N#CC1CCCN1C(=O)C(N)CN1CC2C[C@H]1C(=O)N2c1ccccc1C(N)=O. The standard InChI is InChI=1S/C20H24N6O3/c21-9-12-4-3-7-25(12)19(28)15(22)11-24-10-13-8-17(24)20(29)26(13)16-6-2-1-5-14(16)18(23)27/h1-2,5-6,12-13,15,17H,3-4,7-8,10-11,22H2,(H2,23,27)/t12?,13?,15?,17-/m0/s1. The molecule has 1 aromatic carbocycles. The zero-order valence-corrected chi connectivity index (χ0v) is 16.0. The number of benzene rings is 1. The van der Waals surface area contributed by atoms with Crippen molar-refractivity contribution >= 4 is 23.4 Å². The predicted molar refractivity (Wildman–Crippen MR) is 105 cm³/mol. The van der Waals surface area contributed by atoms with E-state index >= 15 is 0 Å². The van der Waals surface area contributed by atoms with E-state index in [-0.39, 0.29) is 30.4 Å². The van der Waals surface area contributed by atoms with Gasteiger partial charge in [0.05, 0.1) is 35.4 Å². The maximum absolute atomic E-state index is 13.0. The summed E-state index contributed by atoms with van der Waals surface area (Å²) in [5.74, 6) is -0.913. The zero-order valence-electron chi connectivity index (χ0n) is 16.0. The van der Waals surface area contributed by atoms with Crippen LogP contribution in [0.4, 0.5) is 5.69 Å². The van der Waals surface area contributed by atoms with E-state index in [2.05, 4.69) is 6.07 Å². The van der Waals surface area contributed by atoms with E-state index in [0.29, 0.717) is 37.2 Å². The number of nitrogens with zero attached hydrogens (tertiary/aromatic N) is 4. The number of nitriles is 1. The van der Waals surface area contributed by atoms with Crippen LogP contribution in [0.5, 0.6) is 0 Å². The summed E-state index contributed by atoms with van der Waals surface area (Å²) in [6.45, 7) is 1.39. The van der Waals surface area contributed by atoms with Crippen LogP contribution < -0.4 is 16.4 Å². The Morgan fingerprint density at radius 3 is 2.76 bits per heavy atom. The first-order valence-electron chi connectivity index (χ1n) is 9.84. The summed E-state index contributed by atoms with van der Waals surface area (Å²) in [4.78, 5) is 42.6. The van der Waals surface area contributed by atoms with Crippen LogP contribution >= 0.6 is 0 Å². The zero-order chi connectivity index (χ0) is 20.7. The van der Waals surface area contributed by atoms with E-state index < -0.39 is 18.0 Å². The number of hydrogen-bond acceptors (Lipinski definition) is 6. The van der Waals surface area contributed by atoms with Crippen LogP contribution in [0.3, 0.4) is 0 Å². The first kappa shape index (κ1) is 19.4. The molecule has 0 radical (unpaired) electrons. The monoisotopic (exact) mass is 396 g/mol. The second-order valence-corrected chi connectivity index (χ2v) is 7.87. The average Bonchev–Trinajstić information content (AvgIpc) is 3.41. The Balaban J connectivity index is 1.45. The van der Waals surface area contributed by atoms with Gasteiger partial charge in [0.15, 0.2) is 0 Å². The number of primary amides is 1. The summed E-state index contributed by atoms with van der Waals surface area (Å²) in [5.41, 5.74) is 12.5. The highest BCUT2D eigenvalue weighted by atomic mass is 16.2. The molecule has 0 aliphatic carbocycles. The van der Waals surface area contributed by atoms with E-state index in [1.807, 2.05) is 4.90 Å². The molecule has 9 heteroatoms. The third kappa shape index (κ3) is 3.24. The Morgan fingerprint density at radius 2 is 2.07 bits per heavy atom. The third-order valence-electron chi connectivity index (χ3n) is 6.13. The van der Waals surface area contributed by atoms with Gasteiger partial charge in [0.25, 0.3) is 5.91 Å². The van der Waals surface area contributed by atoms with Crippen molar-refractivity contribution in [2.75, 3.05) is 24.5 Å². The van der Waals surface area contributed by atoms with Crippen LogP contribution in [-0.4, -0.2) is 71.3 Å². The number of nitrogens with two attached hydrogens (primary N) is 2. The van der Waals surface area contributed by atoms with Gasteiger partial charge in [-0.3, -0.25) is 19.3 Å². The van der Waals surface area contributed by atoms with Crippen molar-refractivity contribution in [2.24, 2.45) is 11.5 Å². The van der Waals surface area contributed by atoms with Gasteiger partial charge >= 0.3 is 0 Å². The number of amides is 3. The van der Waals surface area contributed by atoms with Crippen molar-refractivity contribution in [3.8, 4) is 6.07 Å². The summed E-state index contributed by atoms with van der Waals surface area (Å²) in [6, 6.07) is 7.34. The molecule has 3 amide bonds. The van der Waals surface area contributed by atoms with E-state index in [0.717, 1.165) is 6.42 Å². The Morgan fingerprint density at radius 1 is 1.31 bits per heavy atom. The first-order chi connectivity index (χ1) is 13.9. The van der Waals surface area contributed by atoms with Gasteiger partial charge in [-0.15, -0.1) is 0 Å². The van der Waals surface area contributed by atoms with Crippen molar-refractivity contribution in [3.63, 3.8) is 0 Å². The molecule has 9 nitrogen and oxygen atoms in total. The molecule has 3 fully saturated rings. The molecule has 152 valence electrons. The van der Waals surface area contributed by atoms with E-state index in [1.54, 1.807) is 34.1 Å². The highest BCUT2D eigenvalue weighted by molar-refractivity contribution is 6.07. The van der Waals surface area contributed by atoms with Crippen molar-refractivity contribution < 1.29 is 14.4 Å². The summed E-state index contributed by atoms with van der Waals surface area (Å²) >= 11 is 0. The lowest BCUT2D eigenvalue weighted by Crippen LogP contribution is -2.56. The van der Waals surface area contributed by atoms with Gasteiger partial charge in [-0.1, -0.05) is 12.1 Å². The molecule has 4 atom stereocenters. The molecule has 3 aliphatic rings. The molecule has 0 spiro atoms. The van der Waals surface area contributed by atoms with Crippen molar-refractivity contribution in [1.82, 2.24) is 9.80 Å². The summed E-state index contributed by atoms with van der Waals surface area (Å²) < 4.78 is 0. The molecule has 1 aromatic rings. The van der Waals surface area contributed by atoms with Crippen molar-refractivity contribution in [1.29, 1.82) is 5.26 Å². The lowest BCUT2D eigenvalue weighted by atomic mass is 10.1. The molecule has 3 unspecified atom stereocenters. The second-order valence-electron chi connectivity index (χ2n) is 7.87. The van der Waals surface area contributed by atoms with Crippen molar-refractivity contribution in [3.05, 3.63) is 29.8 Å². The fourth-order valence-electron chi connectivity index (χ4n) is 4.78. The largest absolute Gasteiger partial charge is 0.366 e. The molecule has 4 rings (SSSR count). The maximum Gasteiger partial charge on any atom is 0.250 e. The molecular formula is C20H24N6O3. The first-order valence-corrected chi connectivity index (χ1v) is 9.84. The molecule has 29 heavy (non-hydrogen) atoms. The number of fused-ring (bicyclic) bond motifs is 2. The minimum absolute atomic E-state index is 0.0889. The lowest BCUT2D eigenvalue weighted by molar-refractivity contribution is -0.134. The molecule has 3 heterocycles. The lowest BCUT2D eigenvalue weighted by Gasteiger charge is -2.36. The molecule has 4 N–H and O–H groups in total. The van der Waals surface area contributed by atoms with Gasteiger partial charge in [0, 0.05) is 19.6 Å². The maximum atomic E-state index is 13.0. The molecule has 0 aromatic heterocycles. The third-order valence-corrected chi connectivity index (χ3v) is 6.13. The molecule has 3 aliphatic heterocycles. The van der Waals surface area contributed by atoms with E-state index in [9.17, 15) is 19.6 Å². The van der Waals surface area contributed by atoms with Crippen molar-refractivity contribution in [2.45, 2.75) is 43.4 Å². The van der Waals surface area contributed by atoms with Crippen LogP contribution in [0.15, 0.2) is 24.3 Å². The average molecular weight is 396 g/mol. The van der Waals surface area contributed by atoms with Gasteiger partial charge < -0.3 is 21.3 Å². The van der Waals surface area contributed by atoms with Crippen LogP contribution in [0.2, 0.25) is 0 Å². The molecule has 2 bridgehead atoms. The second kappa shape index (κ2) is 7.46. The summed E-state index contributed by atoms with van der Waals surface area (Å²) in [7, 11) is 0. The quantitative estimate of drug-likeness (QED) is 0.683. The van der Waals surface area contributed by atoms with Gasteiger partial charge in [-0.2, -0.15) is 5.26 Å². The molecule has 0 saturated carbocycles. The van der Waals surface area contributed by atoms with Crippen LogP contribution in [0, 0.1) is 11.3 Å². The molecule has 3 saturated heterocycles. The van der Waals surface area contributed by atoms with Crippen LogP contribution in [-0.2, 0) is 9.59 Å². The fraction of sp³-hybridized carbons (Fsp3) is 0.500. The van der Waals surface area contributed by atoms with Gasteiger partial charge in [-0.05, 0) is 31.4 Å². The number of para-hydroxylation sites is 1. The Kier molecular flexibility index (Phi) is 4.98. The summed E-state index contributed by atoms with van der Waals surface area (Å²) in [6.07, 6.45) is 2.10. The predicted octanol–water partition coefficient (Wildman–Crippen LogP) is -0.583. The molecular weight excluding hydrogens is 372 g/mol. The number of likely N-dealkylation sites (tertiary alicyclic amines) is 2. The number of anilines is 1. The minimum atomic E-state index is -0.776. The van der Waals surface area contributed by atoms with E-state index in [1.165, 1.54) is 0 Å².